The molecule has 4 nitrogen and oxygen atoms in total. The van der Waals surface area contributed by atoms with Crippen molar-refractivity contribution >= 4 is 5.82 Å². The van der Waals surface area contributed by atoms with Gasteiger partial charge in [-0.15, -0.1) is 0 Å². The highest BCUT2D eigenvalue weighted by Gasteiger charge is 2.57. The summed E-state index contributed by atoms with van der Waals surface area (Å²) in [6, 6.07) is 2.38. The van der Waals surface area contributed by atoms with E-state index in [0.717, 1.165) is 0 Å². The molecule has 0 bridgehead atoms. The van der Waals surface area contributed by atoms with Gasteiger partial charge in [-0.2, -0.15) is 26.3 Å². The topological polar surface area (TPSA) is 60.2 Å². The molecule has 0 saturated carbocycles. The maximum absolute atomic E-state index is 12.2. The Morgan fingerprint density at radius 1 is 1.21 bits per heavy atom. The fourth-order valence-corrected chi connectivity index (χ4v) is 1.20. The van der Waals surface area contributed by atoms with Crippen molar-refractivity contribution in [2.24, 2.45) is 5.84 Å². The van der Waals surface area contributed by atoms with Crippen molar-refractivity contribution < 1.29 is 31.1 Å². The minimum atomic E-state index is -5.53. The first kappa shape index (κ1) is 15.5. The molecule has 0 atom stereocenters. The Bertz CT molecular complexity index is 405. The van der Waals surface area contributed by atoms with Crippen LogP contribution in [0, 0.1) is 0 Å². The number of hydrazine groups is 1. The maximum Gasteiger partial charge on any atom is 0.423 e. The molecule has 1 aromatic heterocycles. The molecule has 1 heterocycles. The summed E-state index contributed by atoms with van der Waals surface area (Å²) in [4.78, 5) is 3.65. The number of hydrogen-bond donors (Lipinski definition) is 2. The molecule has 19 heavy (non-hydrogen) atoms. The number of nitrogens with two attached hydrogens (primary N) is 1. The number of ether oxygens (including phenoxy) is 1. The fourth-order valence-electron chi connectivity index (χ4n) is 1.20. The van der Waals surface area contributed by atoms with E-state index in [1.54, 1.807) is 0 Å². The second-order valence-corrected chi connectivity index (χ2v) is 3.47. The Labute approximate surface area is 103 Å². The number of alkyl halides is 6. The molecule has 0 aliphatic rings. The largest absolute Gasteiger partial charge is 0.423 e. The summed E-state index contributed by atoms with van der Waals surface area (Å²) in [6.45, 7) is -0.874. The van der Waals surface area contributed by atoms with Crippen molar-refractivity contribution in [3.63, 3.8) is 0 Å². The highest BCUT2D eigenvalue weighted by Crippen LogP contribution is 2.36. The molecule has 0 spiro atoms. The second kappa shape index (κ2) is 5.61. The first-order valence-electron chi connectivity index (χ1n) is 4.81. The lowest BCUT2D eigenvalue weighted by atomic mass is 10.2. The number of nitrogens with one attached hydrogen (secondary N) is 1. The zero-order chi connectivity index (χ0) is 14.7. The predicted octanol–water partition coefficient (Wildman–Crippen LogP) is 2.38. The molecule has 0 radical (unpaired) electrons. The highest BCUT2D eigenvalue weighted by atomic mass is 19.4. The lowest BCUT2D eigenvalue weighted by molar-refractivity contribution is -0.324. The summed E-state index contributed by atoms with van der Waals surface area (Å²) < 4.78 is 77.0. The van der Waals surface area contributed by atoms with Crippen LogP contribution in [-0.2, 0) is 11.3 Å². The average Bonchev–Trinajstić information content (AvgIpc) is 2.26. The molecule has 1 rings (SSSR count). The molecule has 0 aliphatic heterocycles. The van der Waals surface area contributed by atoms with Crippen molar-refractivity contribution in [1.29, 1.82) is 0 Å². The van der Waals surface area contributed by atoms with E-state index in [0.29, 0.717) is 0 Å². The van der Waals surface area contributed by atoms with Gasteiger partial charge < -0.3 is 10.2 Å². The Hall–Kier alpha value is -1.55. The summed E-state index contributed by atoms with van der Waals surface area (Å²) in [5, 5.41) is 0. The van der Waals surface area contributed by atoms with Crippen LogP contribution in [-0.4, -0.2) is 23.4 Å². The van der Waals surface area contributed by atoms with E-state index in [1.807, 2.05) is 0 Å². The molecule has 10 heteroatoms. The van der Waals surface area contributed by atoms with Gasteiger partial charge in [-0.25, -0.2) is 10.8 Å². The monoisotopic (exact) mass is 289 g/mol. The molecular weight excluding hydrogens is 280 g/mol. The Morgan fingerprint density at radius 2 is 1.79 bits per heavy atom. The molecule has 3 N–H and O–H groups in total. The number of aromatic nitrogens is 1. The van der Waals surface area contributed by atoms with Crippen LogP contribution < -0.4 is 11.3 Å². The minimum Gasteiger partial charge on any atom is -0.356 e. The minimum absolute atomic E-state index is 0.0708. The molecular formula is C9H9F6N3O. The third-order valence-corrected chi connectivity index (χ3v) is 1.98. The smallest absolute Gasteiger partial charge is 0.356 e. The van der Waals surface area contributed by atoms with Crippen molar-refractivity contribution in [2.75, 3.05) is 5.43 Å². The SMILES string of the molecule is NNc1cc(COC(C(F)(F)F)C(F)(F)F)ccn1. The van der Waals surface area contributed by atoms with Crippen molar-refractivity contribution in [2.45, 2.75) is 25.1 Å². The van der Waals surface area contributed by atoms with Gasteiger partial charge in [-0.1, -0.05) is 0 Å². The van der Waals surface area contributed by atoms with Crippen LogP contribution in [0.5, 0.6) is 0 Å². The van der Waals surface area contributed by atoms with Crippen LogP contribution in [0.2, 0.25) is 0 Å². The third kappa shape index (κ3) is 4.56. The highest BCUT2D eigenvalue weighted by molar-refractivity contribution is 5.35. The fraction of sp³-hybridized carbons (Fsp3) is 0.444. The molecule has 108 valence electrons. The Kier molecular flexibility index (Phi) is 4.58. The summed E-state index contributed by atoms with van der Waals surface area (Å²) >= 11 is 0. The standard InChI is InChI=1S/C9H9F6N3O/c10-8(11,12)7(9(13,14)15)19-4-5-1-2-17-6(3-5)18-16/h1-3,7H,4,16H2,(H,17,18). The number of anilines is 1. The van der Waals surface area contributed by atoms with E-state index >= 15 is 0 Å². The van der Waals surface area contributed by atoms with Crippen LogP contribution in [0.4, 0.5) is 32.2 Å². The van der Waals surface area contributed by atoms with Crippen LogP contribution >= 0.6 is 0 Å². The lowest BCUT2D eigenvalue weighted by Gasteiger charge is -2.23. The molecule has 0 amide bonds. The van der Waals surface area contributed by atoms with Gasteiger partial charge in [0.25, 0.3) is 0 Å². The molecule has 0 aromatic carbocycles. The zero-order valence-corrected chi connectivity index (χ0v) is 9.22. The average molecular weight is 289 g/mol. The van der Waals surface area contributed by atoms with E-state index < -0.39 is 25.1 Å². The quantitative estimate of drug-likeness (QED) is 0.507. The zero-order valence-electron chi connectivity index (χ0n) is 9.22. The van der Waals surface area contributed by atoms with Gasteiger partial charge in [-0.3, -0.25) is 0 Å². The van der Waals surface area contributed by atoms with Gasteiger partial charge in [0.15, 0.2) is 0 Å². The third-order valence-electron chi connectivity index (χ3n) is 1.98. The van der Waals surface area contributed by atoms with E-state index in [4.69, 9.17) is 5.84 Å². The number of nitrogen functional groups attached to an aromatic ring is 1. The van der Waals surface area contributed by atoms with Crippen LogP contribution in [0.1, 0.15) is 5.56 Å². The number of pyridine rings is 1. The van der Waals surface area contributed by atoms with Gasteiger partial charge in [0.05, 0.1) is 6.61 Å². The van der Waals surface area contributed by atoms with Crippen LogP contribution in [0.25, 0.3) is 0 Å². The predicted molar refractivity (Wildman–Crippen MR) is 52.7 cm³/mol. The number of halogens is 6. The van der Waals surface area contributed by atoms with Crippen LogP contribution in [0.15, 0.2) is 18.3 Å². The molecule has 0 saturated heterocycles. The van der Waals surface area contributed by atoms with Crippen molar-refractivity contribution in [3.05, 3.63) is 23.9 Å². The van der Waals surface area contributed by atoms with E-state index in [-0.39, 0.29) is 11.4 Å². The van der Waals surface area contributed by atoms with Gasteiger partial charge >= 0.3 is 12.4 Å². The van der Waals surface area contributed by atoms with Gasteiger partial charge in [-0.05, 0) is 17.7 Å². The first-order valence-corrected chi connectivity index (χ1v) is 4.81. The number of hydrogen-bond acceptors (Lipinski definition) is 4. The van der Waals surface area contributed by atoms with E-state index in [1.165, 1.54) is 18.3 Å². The number of rotatable bonds is 4. The van der Waals surface area contributed by atoms with E-state index in [9.17, 15) is 26.3 Å². The van der Waals surface area contributed by atoms with Gasteiger partial charge in [0.1, 0.15) is 5.82 Å². The second-order valence-electron chi connectivity index (χ2n) is 3.47. The molecule has 0 aliphatic carbocycles. The maximum atomic E-state index is 12.2. The summed E-state index contributed by atoms with van der Waals surface area (Å²) in [7, 11) is 0. The lowest BCUT2D eigenvalue weighted by Crippen LogP contribution is -2.44. The normalized spacial score (nSPS) is 12.8. The Morgan fingerprint density at radius 3 is 2.26 bits per heavy atom. The summed E-state index contributed by atoms with van der Waals surface area (Å²) in [6.07, 6.45) is -13.7. The Balaban J connectivity index is 2.77. The number of nitrogens with zero attached hydrogens (tertiary/aromatic N) is 1. The molecule has 0 fully saturated rings. The van der Waals surface area contributed by atoms with Crippen LogP contribution in [0.3, 0.4) is 0 Å². The van der Waals surface area contributed by atoms with Gasteiger partial charge in [0.2, 0.25) is 6.10 Å². The van der Waals surface area contributed by atoms with E-state index in [2.05, 4.69) is 15.1 Å². The van der Waals surface area contributed by atoms with Crippen molar-refractivity contribution in [3.8, 4) is 0 Å². The summed E-state index contributed by atoms with van der Waals surface area (Å²) in [5.41, 5.74) is 2.18. The van der Waals surface area contributed by atoms with Gasteiger partial charge in [0, 0.05) is 6.20 Å². The first-order chi connectivity index (χ1) is 8.64. The van der Waals surface area contributed by atoms with Crippen molar-refractivity contribution in [1.82, 2.24) is 4.98 Å². The molecule has 1 aromatic rings. The summed E-state index contributed by atoms with van der Waals surface area (Å²) in [5.74, 6) is 5.09. The molecule has 0 unspecified atom stereocenters.